The van der Waals surface area contributed by atoms with Crippen LogP contribution < -0.4 is 4.90 Å². The number of anilines is 1. The first-order valence-electron chi connectivity index (χ1n) is 7.71. The van der Waals surface area contributed by atoms with Crippen LogP contribution in [-0.2, 0) is 9.59 Å². The largest absolute Gasteiger partial charge is 0.508 e. The van der Waals surface area contributed by atoms with Crippen LogP contribution in [0.15, 0.2) is 36.4 Å². The minimum Gasteiger partial charge on any atom is -0.508 e. The van der Waals surface area contributed by atoms with Gasteiger partial charge in [-0.05, 0) is 49.4 Å². The van der Waals surface area contributed by atoms with E-state index in [9.17, 15) is 14.7 Å². The van der Waals surface area contributed by atoms with Gasteiger partial charge in [-0.2, -0.15) is 0 Å². The molecule has 0 saturated carbocycles. The summed E-state index contributed by atoms with van der Waals surface area (Å²) in [7, 11) is 0. The number of aromatic hydroxyl groups is 1. The zero-order valence-electron chi connectivity index (χ0n) is 12.4. The van der Waals surface area contributed by atoms with E-state index >= 15 is 0 Å². The smallest absolute Gasteiger partial charge is 0.253 e. The molecule has 2 aliphatic rings. The van der Waals surface area contributed by atoms with Crippen molar-refractivity contribution in [2.45, 2.75) is 19.3 Å². The summed E-state index contributed by atoms with van der Waals surface area (Å²) < 4.78 is 0. The van der Waals surface area contributed by atoms with Crippen molar-refractivity contribution in [3.8, 4) is 5.75 Å². The van der Waals surface area contributed by atoms with Crippen molar-refractivity contribution in [2.24, 2.45) is 5.92 Å². The molecule has 22 heavy (non-hydrogen) atoms. The summed E-state index contributed by atoms with van der Waals surface area (Å²) in [6.45, 7) is 2.46. The fraction of sp³-hybridized carbons (Fsp3) is 0.412. The monoisotopic (exact) mass is 300 g/mol. The fourth-order valence-corrected chi connectivity index (χ4v) is 3.11. The quantitative estimate of drug-likeness (QED) is 0.863. The van der Waals surface area contributed by atoms with Gasteiger partial charge in [-0.1, -0.05) is 0 Å². The van der Waals surface area contributed by atoms with Gasteiger partial charge in [-0.25, -0.2) is 0 Å². The molecular formula is C17H20N2O3. The first kappa shape index (κ1) is 14.6. The average Bonchev–Trinajstić information content (AvgIpc) is 2.85. The molecule has 0 unspecified atom stereocenters. The first-order chi connectivity index (χ1) is 10.6. The second kappa shape index (κ2) is 6.22. The SMILES string of the molecule is O=C1C=CC(=O)N1CCC1CCN(c2ccc(O)cc2)CC1. The number of hydrogen-bond donors (Lipinski definition) is 1. The van der Waals surface area contributed by atoms with Crippen LogP contribution in [0, 0.1) is 5.92 Å². The van der Waals surface area contributed by atoms with E-state index in [1.54, 1.807) is 12.1 Å². The Balaban J connectivity index is 1.47. The Bertz CT molecular complexity index is 568. The second-order valence-electron chi connectivity index (χ2n) is 5.90. The highest BCUT2D eigenvalue weighted by Gasteiger charge is 2.25. The molecule has 0 spiro atoms. The number of benzene rings is 1. The topological polar surface area (TPSA) is 60.9 Å². The third-order valence-corrected chi connectivity index (χ3v) is 4.49. The average molecular weight is 300 g/mol. The van der Waals surface area contributed by atoms with E-state index in [1.165, 1.54) is 17.1 Å². The highest BCUT2D eigenvalue weighted by molar-refractivity contribution is 6.12. The number of imide groups is 1. The Labute approximate surface area is 129 Å². The zero-order valence-corrected chi connectivity index (χ0v) is 12.4. The Morgan fingerprint density at radius 3 is 2.18 bits per heavy atom. The van der Waals surface area contributed by atoms with Crippen molar-refractivity contribution in [1.29, 1.82) is 0 Å². The molecule has 3 rings (SSSR count). The predicted molar refractivity (Wildman–Crippen MR) is 83.5 cm³/mol. The molecule has 1 N–H and O–H groups in total. The van der Waals surface area contributed by atoms with Gasteiger partial charge in [0.05, 0.1) is 0 Å². The van der Waals surface area contributed by atoms with Gasteiger partial charge in [-0.3, -0.25) is 14.5 Å². The van der Waals surface area contributed by atoms with Crippen LogP contribution in [-0.4, -0.2) is 41.5 Å². The Hall–Kier alpha value is -2.30. The van der Waals surface area contributed by atoms with Crippen molar-refractivity contribution in [1.82, 2.24) is 4.90 Å². The Morgan fingerprint density at radius 1 is 1.00 bits per heavy atom. The lowest BCUT2D eigenvalue weighted by atomic mass is 9.93. The fourth-order valence-electron chi connectivity index (χ4n) is 3.11. The minimum absolute atomic E-state index is 0.188. The molecule has 2 heterocycles. The number of piperidine rings is 1. The maximum atomic E-state index is 11.5. The summed E-state index contributed by atoms with van der Waals surface area (Å²) in [5, 5.41) is 9.33. The maximum absolute atomic E-state index is 11.5. The summed E-state index contributed by atoms with van der Waals surface area (Å²) in [6.07, 6.45) is 5.68. The normalized spacial score (nSPS) is 19.3. The molecule has 5 nitrogen and oxygen atoms in total. The lowest BCUT2D eigenvalue weighted by Gasteiger charge is -2.34. The molecule has 0 aromatic heterocycles. The van der Waals surface area contributed by atoms with Crippen LogP contribution in [0.2, 0.25) is 0 Å². The van der Waals surface area contributed by atoms with Gasteiger partial charge in [0.1, 0.15) is 5.75 Å². The summed E-state index contributed by atoms with van der Waals surface area (Å²) in [4.78, 5) is 26.7. The van der Waals surface area contributed by atoms with Crippen LogP contribution in [0.3, 0.4) is 0 Å². The van der Waals surface area contributed by atoms with E-state index in [0.717, 1.165) is 38.0 Å². The van der Waals surface area contributed by atoms with E-state index in [0.29, 0.717) is 12.5 Å². The molecule has 0 radical (unpaired) electrons. The third kappa shape index (κ3) is 3.13. The zero-order chi connectivity index (χ0) is 15.5. The van der Waals surface area contributed by atoms with Crippen molar-refractivity contribution in [2.75, 3.05) is 24.5 Å². The van der Waals surface area contributed by atoms with E-state index in [-0.39, 0.29) is 17.6 Å². The van der Waals surface area contributed by atoms with Crippen LogP contribution in [0.5, 0.6) is 5.75 Å². The summed E-state index contributed by atoms with van der Waals surface area (Å²) >= 11 is 0. The second-order valence-corrected chi connectivity index (χ2v) is 5.90. The number of carbonyl (C=O) groups excluding carboxylic acids is 2. The molecule has 1 fully saturated rings. The van der Waals surface area contributed by atoms with Crippen LogP contribution in [0.1, 0.15) is 19.3 Å². The number of nitrogens with zero attached hydrogens (tertiary/aromatic N) is 2. The van der Waals surface area contributed by atoms with Crippen LogP contribution in [0.4, 0.5) is 5.69 Å². The summed E-state index contributed by atoms with van der Waals surface area (Å²) in [5.74, 6) is 0.458. The van der Waals surface area contributed by atoms with Gasteiger partial charge in [0.25, 0.3) is 11.8 Å². The molecule has 2 aliphatic heterocycles. The van der Waals surface area contributed by atoms with E-state index in [2.05, 4.69) is 4.90 Å². The number of phenolic OH excluding ortho intramolecular Hbond substituents is 1. The molecule has 1 saturated heterocycles. The summed E-state index contributed by atoms with van der Waals surface area (Å²) in [6, 6.07) is 7.28. The standard InChI is InChI=1S/C17H20N2O3/c20-15-3-1-14(2-4-15)18-10-7-13(8-11-18)9-12-19-16(21)5-6-17(19)22/h1-6,13,20H,7-12H2. The lowest BCUT2D eigenvalue weighted by molar-refractivity contribution is -0.136. The Morgan fingerprint density at radius 2 is 1.59 bits per heavy atom. The first-order valence-corrected chi connectivity index (χ1v) is 7.71. The molecule has 0 aliphatic carbocycles. The molecule has 1 aromatic rings. The van der Waals surface area contributed by atoms with E-state index < -0.39 is 0 Å². The molecule has 2 amide bonds. The van der Waals surface area contributed by atoms with Gasteiger partial charge in [-0.15, -0.1) is 0 Å². The van der Waals surface area contributed by atoms with Gasteiger partial charge in [0, 0.05) is 37.5 Å². The molecule has 0 atom stereocenters. The maximum Gasteiger partial charge on any atom is 0.253 e. The molecule has 0 bridgehead atoms. The van der Waals surface area contributed by atoms with Crippen molar-refractivity contribution in [3.63, 3.8) is 0 Å². The van der Waals surface area contributed by atoms with E-state index in [1.807, 2.05) is 12.1 Å². The molecule has 1 aromatic carbocycles. The van der Waals surface area contributed by atoms with Gasteiger partial charge in [0.15, 0.2) is 0 Å². The molecule has 116 valence electrons. The van der Waals surface area contributed by atoms with Gasteiger partial charge in [0.2, 0.25) is 0 Å². The van der Waals surface area contributed by atoms with Gasteiger partial charge >= 0.3 is 0 Å². The lowest BCUT2D eigenvalue weighted by Crippen LogP contribution is -2.36. The number of hydrogen-bond acceptors (Lipinski definition) is 4. The number of amides is 2. The van der Waals surface area contributed by atoms with Crippen molar-refractivity contribution >= 4 is 17.5 Å². The van der Waals surface area contributed by atoms with Crippen LogP contribution >= 0.6 is 0 Å². The third-order valence-electron chi connectivity index (χ3n) is 4.49. The van der Waals surface area contributed by atoms with Crippen molar-refractivity contribution < 1.29 is 14.7 Å². The number of carbonyl (C=O) groups is 2. The number of rotatable bonds is 4. The molecular weight excluding hydrogens is 280 g/mol. The molecule has 5 heteroatoms. The Kier molecular flexibility index (Phi) is 4.13. The summed E-state index contributed by atoms with van der Waals surface area (Å²) in [5.41, 5.74) is 1.13. The van der Waals surface area contributed by atoms with E-state index in [4.69, 9.17) is 0 Å². The minimum atomic E-state index is -0.188. The van der Waals surface area contributed by atoms with Crippen molar-refractivity contribution in [3.05, 3.63) is 36.4 Å². The highest BCUT2D eigenvalue weighted by Crippen LogP contribution is 2.26. The van der Waals surface area contributed by atoms with Crippen LogP contribution in [0.25, 0.3) is 0 Å². The predicted octanol–water partition coefficient (Wildman–Crippen LogP) is 1.92. The highest BCUT2D eigenvalue weighted by atomic mass is 16.3. The number of phenols is 1. The van der Waals surface area contributed by atoms with Gasteiger partial charge < -0.3 is 10.0 Å².